The first-order valence-corrected chi connectivity index (χ1v) is 5.09. The van der Waals surface area contributed by atoms with E-state index in [2.05, 4.69) is 0 Å². The molecule has 0 unspecified atom stereocenters. The van der Waals surface area contributed by atoms with Gasteiger partial charge in [0.1, 0.15) is 0 Å². The third-order valence-corrected chi connectivity index (χ3v) is 2.21. The zero-order chi connectivity index (χ0) is 10.1. The standard InChI is InChI=1S/C8H14F2N2S/c9-7(10)5-3-1-2-4-6-13-8(11)12/h5H,1-4,6H2,(H3,11,12). The Morgan fingerprint density at radius 3 is 2.54 bits per heavy atom. The van der Waals surface area contributed by atoms with Gasteiger partial charge in [-0.15, -0.1) is 0 Å². The van der Waals surface area contributed by atoms with E-state index in [1.54, 1.807) is 0 Å². The predicted molar refractivity (Wildman–Crippen MR) is 53.1 cm³/mol. The SMILES string of the molecule is N=C(N)SCCCCCC=C(F)F. The Hall–Kier alpha value is -0.580. The number of thioether (sulfide) groups is 1. The van der Waals surface area contributed by atoms with Crippen molar-refractivity contribution in [1.82, 2.24) is 0 Å². The molecular formula is C8H14F2N2S. The summed E-state index contributed by atoms with van der Waals surface area (Å²) in [5.41, 5.74) is 5.11. The van der Waals surface area contributed by atoms with Crippen molar-refractivity contribution in [3.8, 4) is 0 Å². The van der Waals surface area contributed by atoms with Crippen LogP contribution in [-0.2, 0) is 0 Å². The molecule has 0 amide bonds. The normalized spacial score (nSPS) is 9.69. The molecule has 5 heteroatoms. The van der Waals surface area contributed by atoms with Gasteiger partial charge in [0.15, 0.2) is 5.17 Å². The molecule has 2 nitrogen and oxygen atoms in total. The molecule has 0 aliphatic rings. The second kappa shape index (κ2) is 8.04. The van der Waals surface area contributed by atoms with E-state index in [4.69, 9.17) is 11.1 Å². The lowest BCUT2D eigenvalue weighted by Gasteiger charge is -1.97. The molecule has 0 atom stereocenters. The number of nitrogens with two attached hydrogens (primary N) is 1. The largest absolute Gasteiger partial charge is 0.379 e. The van der Waals surface area contributed by atoms with Crippen molar-refractivity contribution >= 4 is 16.9 Å². The van der Waals surface area contributed by atoms with Crippen LogP contribution >= 0.6 is 11.8 Å². The number of hydrogen-bond donors (Lipinski definition) is 2. The van der Waals surface area contributed by atoms with E-state index < -0.39 is 6.08 Å². The molecule has 0 aromatic heterocycles. The molecule has 0 aliphatic carbocycles. The summed E-state index contributed by atoms with van der Waals surface area (Å²) in [6.45, 7) is 0. The quantitative estimate of drug-likeness (QED) is 0.400. The predicted octanol–water partition coefficient (Wildman–Crippen LogP) is 2.95. The molecule has 0 radical (unpaired) electrons. The first-order chi connectivity index (χ1) is 6.13. The number of rotatable bonds is 6. The van der Waals surface area contributed by atoms with Crippen LogP contribution in [0, 0.1) is 5.41 Å². The van der Waals surface area contributed by atoms with Crippen LogP contribution in [0.15, 0.2) is 12.2 Å². The van der Waals surface area contributed by atoms with Crippen molar-refractivity contribution in [2.24, 2.45) is 5.73 Å². The number of allylic oxidation sites excluding steroid dienone is 1. The van der Waals surface area contributed by atoms with E-state index in [1.807, 2.05) is 0 Å². The van der Waals surface area contributed by atoms with Crippen LogP contribution in [0.4, 0.5) is 8.78 Å². The molecule has 0 heterocycles. The van der Waals surface area contributed by atoms with Crippen LogP contribution < -0.4 is 5.73 Å². The fraction of sp³-hybridized carbons (Fsp3) is 0.625. The number of unbranched alkanes of at least 4 members (excludes halogenated alkanes) is 3. The average Bonchev–Trinajstić information content (AvgIpc) is 2.01. The zero-order valence-electron chi connectivity index (χ0n) is 7.35. The maximum atomic E-state index is 11.5. The minimum atomic E-state index is -1.60. The lowest BCUT2D eigenvalue weighted by atomic mass is 10.2. The van der Waals surface area contributed by atoms with E-state index in [-0.39, 0.29) is 5.17 Å². The Morgan fingerprint density at radius 2 is 2.00 bits per heavy atom. The summed E-state index contributed by atoms with van der Waals surface area (Å²) in [7, 11) is 0. The molecule has 0 fully saturated rings. The van der Waals surface area contributed by atoms with Crippen LogP contribution in [0.1, 0.15) is 25.7 Å². The third kappa shape index (κ3) is 11.4. The van der Waals surface area contributed by atoms with Crippen molar-refractivity contribution in [2.45, 2.75) is 25.7 Å². The van der Waals surface area contributed by atoms with E-state index in [0.29, 0.717) is 6.42 Å². The van der Waals surface area contributed by atoms with Crippen LogP contribution in [0.25, 0.3) is 0 Å². The lowest BCUT2D eigenvalue weighted by molar-refractivity contribution is 0.416. The van der Waals surface area contributed by atoms with Gasteiger partial charge < -0.3 is 5.73 Å². The second-order valence-electron chi connectivity index (χ2n) is 2.56. The molecule has 3 N–H and O–H groups in total. The summed E-state index contributed by atoms with van der Waals surface area (Å²) in [4.78, 5) is 0. The van der Waals surface area contributed by atoms with Gasteiger partial charge in [0.25, 0.3) is 6.08 Å². The Kier molecular flexibility index (Phi) is 7.68. The first kappa shape index (κ1) is 12.4. The lowest BCUT2D eigenvalue weighted by Crippen LogP contribution is -2.04. The molecule has 13 heavy (non-hydrogen) atoms. The Balaban J connectivity index is 3.09. The molecule has 0 bridgehead atoms. The minimum absolute atomic E-state index is 0.120. The summed E-state index contributed by atoms with van der Waals surface area (Å²) in [5, 5.41) is 7.02. The molecule has 76 valence electrons. The van der Waals surface area contributed by atoms with Gasteiger partial charge in [0.05, 0.1) is 0 Å². The molecule has 0 aromatic carbocycles. The molecule has 0 saturated carbocycles. The van der Waals surface area contributed by atoms with Crippen LogP contribution in [0.3, 0.4) is 0 Å². The van der Waals surface area contributed by atoms with Gasteiger partial charge in [-0.1, -0.05) is 18.2 Å². The van der Waals surface area contributed by atoms with E-state index in [1.165, 1.54) is 11.8 Å². The van der Waals surface area contributed by atoms with E-state index in [0.717, 1.165) is 31.1 Å². The highest BCUT2D eigenvalue weighted by molar-refractivity contribution is 8.13. The van der Waals surface area contributed by atoms with Gasteiger partial charge in [-0.3, -0.25) is 5.41 Å². The maximum Gasteiger partial charge on any atom is 0.266 e. The summed E-state index contributed by atoms with van der Waals surface area (Å²) in [6, 6.07) is 0. The van der Waals surface area contributed by atoms with E-state index in [9.17, 15) is 8.78 Å². The molecular weight excluding hydrogens is 194 g/mol. The Labute approximate surface area is 81.1 Å². The highest BCUT2D eigenvalue weighted by Gasteiger charge is 1.92. The van der Waals surface area contributed by atoms with Gasteiger partial charge in [0.2, 0.25) is 0 Å². The smallest absolute Gasteiger partial charge is 0.266 e. The van der Waals surface area contributed by atoms with Gasteiger partial charge in [-0.25, -0.2) is 0 Å². The Morgan fingerprint density at radius 1 is 1.31 bits per heavy atom. The summed E-state index contributed by atoms with van der Waals surface area (Å²) < 4.78 is 23.1. The summed E-state index contributed by atoms with van der Waals surface area (Å²) >= 11 is 1.29. The van der Waals surface area contributed by atoms with Crippen LogP contribution in [0.2, 0.25) is 0 Å². The summed E-state index contributed by atoms with van der Waals surface area (Å²) in [5.74, 6) is 0.803. The van der Waals surface area contributed by atoms with Crippen LogP contribution in [0.5, 0.6) is 0 Å². The minimum Gasteiger partial charge on any atom is -0.379 e. The topological polar surface area (TPSA) is 49.9 Å². The van der Waals surface area contributed by atoms with Crippen molar-refractivity contribution in [3.63, 3.8) is 0 Å². The highest BCUT2D eigenvalue weighted by Crippen LogP contribution is 2.08. The molecule has 0 saturated heterocycles. The molecule has 0 aliphatic heterocycles. The van der Waals surface area contributed by atoms with E-state index >= 15 is 0 Å². The number of amidine groups is 1. The fourth-order valence-electron chi connectivity index (χ4n) is 0.816. The maximum absolute atomic E-state index is 11.5. The molecule has 0 rings (SSSR count). The highest BCUT2D eigenvalue weighted by atomic mass is 32.2. The number of nitrogens with one attached hydrogen (secondary N) is 1. The second-order valence-corrected chi connectivity index (χ2v) is 3.69. The van der Waals surface area contributed by atoms with Crippen molar-refractivity contribution in [1.29, 1.82) is 5.41 Å². The van der Waals surface area contributed by atoms with Crippen molar-refractivity contribution < 1.29 is 8.78 Å². The van der Waals surface area contributed by atoms with Gasteiger partial charge >= 0.3 is 0 Å². The van der Waals surface area contributed by atoms with Crippen molar-refractivity contribution in [3.05, 3.63) is 12.2 Å². The van der Waals surface area contributed by atoms with Gasteiger partial charge in [0, 0.05) is 5.75 Å². The summed E-state index contributed by atoms with van der Waals surface area (Å²) in [6.07, 6.45) is 2.38. The number of halogens is 2. The van der Waals surface area contributed by atoms with Crippen molar-refractivity contribution in [2.75, 3.05) is 5.75 Å². The first-order valence-electron chi connectivity index (χ1n) is 4.11. The third-order valence-electron chi connectivity index (χ3n) is 1.40. The van der Waals surface area contributed by atoms with Crippen LogP contribution in [-0.4, -0.2) is 10.9 Å². The monoisotopic (exact) mass is 208 g/mol. The van der Waals surface area contributed by atoms with Gasteiger partial charge in [-0.2, -0.15) is 8.78 Å². The molecule has 0 spiro atoms. The fourth-order valence-corrected chi connectivity index (χ4v) is 1.38. The van der Waals surface area contributed by atoms with Gasteiger partial charge in [-0.05, 0) is 25.3 Å². The zero-order valence-corrected chi connectivity index (χ0v) is 8.17. The average molecular weight is 208 g/mol. The Bertz CT molecular complexity index is 179. The molecule has 0 aromatic rings. The number of hydrogen-bond acceptors (Lipinski definition) is 2.